The number of hydrogen-bond donors (Lipinski definition) is 0. The highest BCUT2D eigenvalue weighted by atomic mass is 17.3. The molecule has 0 saturated heterocycles. The summed E-state index contributed by atoms with van der Waals surface area (Å²) in [5, 5.41) is 0. The molecular weight excluding hydrogens is 436 g/mol. The molecule has 0 bridgehead atoms. The number of carbonyl (C=O) groups excluding carboxylic acids is 2. The van der Waals surface area contributed by atoms with Gasteiger partial charge in [0.1, 0.15) is 34.1 Å². The van der Waals surface area contributed by atoms with Crippen LogP contribution >= 0.6 is 0 Å². The van der Waals surface area contributed by atoms with E-state index in [4.69, 9.17) is 38.5 Å². The lowest BCUT2D eigenvalue weighted by Crippen LogP contribution is -2.17. The molecular formula is C23H26O10. The predicted molar refractivity (Wildman–Crippen MR) is 115 cm³/mol. The van der Waals surface area contributed by atoms with E-state index in [1.54, 1.807) is 12.1 Å². The molecule has 2 aromatic rings. The van der Waals surface area contributed by atoms with Gasteiger partial charge in [0.05, 0.1) is 28.4 Å². The molecule has 0 aliphatic rings. The summed E-state index contributed by atoms with van der Waals surface area (Å²) in [6, 6.07) is 9.07. The molecule has 178 valence electrons. The molecule has 0 aromatic heterocycles. The summed E-state index contributed by atoms with van der Waals surface area (Å²) in [7, 11) is 5.77. The predicted octanol–water partition coefficient (Wildman–Crippen LogP) is 4.09. The minimum atomic E-state index is -0.853. The second-order valence-electron chi connectivity index (χ2n) is 6.37. The minimum absolute atomic E-state index is 0.0924. The van der Waals surface area contributed by atoms with Crippen LogP contribution in [0.25, 0.3) is 0 Å². The molecule has 0 fully saturated rings. The Hall–Kier alpha value is -3.50. The summed E-state index contributed by atoms with van der Waals surface area (Å²) in [5.41, 5.74) is 0.185. The van der Waals surface area contributed by atoms with E-state index in [9.17, 15) is 9.59 Å². The SMILES string of the molecule is [CH2]CCC[C](OOC(=O)c1ccc(OC)cc1OC)OOC(=O)c1ccc(OC)cc1OC. The van der Waals surface area contributed by atoms with Gasteiger partial charge in [0.15, 0.2) is 0 Å². The van der Waals surface area contributed by atoms with E-state index in [0.29, 0.717) is 24.3 Å². The zero-order valence-corrected chi connectivity index (χ0v) is 18.9. The number of rotatable bonds is 13. The molecule has 2 radical (unpaired) electrons. The van der Waals surface area contributed by atoms with Crippen LogP contribution in [0.4, 0.5) is 0 Å². The zero-order valence-electron chi connectivity index (χ0n) is 18.9. The van der Waals surface area contributed by atoms with Crippen LogP contribution in [-0.4, -0.2) is 40.4 Å². The highest BCUT2D eigenvalue weighted by molar-refractivity contribution is 5.93. The minimum Gasteiger partial charge on any atom is -0.497 e. The van der Waals surface area contributed by atoms with Crippen molar-refractivity contribution in [2.24, 2.45) is 0 Å². The van der Waals surface area contributed by atoms with Gasteiger partial charge in [0.2, 0.25) is 0 Å². The number of hydrogen-bond acceptors (Lipinski definition) is 10. The molecule has 0 aliphatic carbocycles. The normalized spacial score (nSPS) is 10.5. The van der Waals surface area contributed by atoms with Crippen LogP contribution in [0.2, 0.25) is 0 Å². The molecule has 2 aromatic carbocycles. The maximum absolute atomic E-state index is 12.4. The van der Waals surface area contributed by atoms with Crippen LogP contribution in [-0.2, 0) is 19.6 Å². The first kappa shape index (κ1) is 25.8. The molecule has 0 saturated carbocycles. The van der Waals surface area contributed by atoms with E-state index in [2.05, 4.69) is 6.92 Å². The lowest BCUT2D eigenvalue weighted by Gasteiger charge is -2.15. The van der Waals surface area contributed by atoms with E-state index < -0.39 is 11.9 Å². The standard InChI is InChI=1S/C23H26O10/c1-6-7-8-21(30-32-22(24)17-11-9-15(26-2)13-19(17)28-4)31-33-23(25)18-12-10-16(27-3)14-20(18)29-5/h9-14H,1,6-8H2,2-5H3. The largest absolute Gasteiger partial charge is 0.497 e. The fourth-order valence-corrected chi connectivity index (χ4v) is 2.56. The summed E-state index contributed by atoms with van der Waals surface area (Å²) in [6.07, 6.45) is 0.961. The molecule has 0 atom stereocenters. The van der Waals surface area contributed by atoms with E-state index in [1.165, 1.54) is 52.7 Å². The fraction of sp³-hybridized carbons (Fsp3) is 0.304. The lowest BCUT2D eigenvalue weighted by molar-refractivity contribution is -0.363. The monoisotopic (exact) mass is 462 g/mol. The lowest BCUT2D eigenvalue weighted by atomic mass is 10.2. The first-order valence-electron chi connectivity index (χ1n) is 9.84. The van der Waals surface area contributed by atoms with Crippen LogP contribution in [0.1, 0.15) is 40.0 Å². The maximum Gasteiger partial charge on any atom is 0.376 e. The van der Waals surface area contributed by atoms with Crippen LogP contribution in [0.15, 0.2) is 36.4 Å². The van der Waals surface area contributed by atoms with E-state index in [-0.39, 0.29) is 35.3 Å². The third-order valence-corrected chi connectivity index (χ3v) is 4.31. The molecule has 10 nitrogen and oxygen atoms in total. The van der Waals surface area contributed by atoms with Crippen molar-refractivity contribution in [3.8, 4) is 23.0 Å². The molecule has 33 heavy (non-hydrogen) atoms. The Morgan fingerprint density at radius 2 is 1.15 bits per heavy atom. The molecule has 2 rings (SSSR count). The highest BCUT2D eigenvalue weighted by Gasteiger charge is 2.24. The van der Waals surface area contributed by atoms with Crippen LogP contribution in [0.5, 0.6) is 23.0 Å². The van der Waals surface area contributed by atoms with Crippen molar-refractivity contribution in [3.05, 3.63) is 60.7 Å². The molecule has 0 aliphatic heterocycles. The van der Waals surface area contributed by atoms with Gasteiger partial charge in [-0.25, -0.2) is 9.59 Å². The van der Waals surface area contributed by atoms with Gasteiger partial charge < -0.3 is 18.9 Å². The van der Waals surface area contributed by atoms with Crippen molar-refractivity contribution in [3.63, 3.8) is 0 Å². The summed E-state index contributed by atoms with van der Waals surface area (Å²) >= 11 is 0. The van der Waals surface area contributed by atoms with Crippen molar-refractivity contribution in [1.29, 1.82) is 0 Å². The van der Waals surface area contributed by atoms with Gasteiger partial charge in [-0.1, -0.05) is 13.3 Å². The van der Waals surface area contributed by atoms with Gasteiger partial charge >= 0.3 is 18.2 Å². The quantitative estimate of drug-likeness (QED) is 0.319. The Morgan fingerprint density at radius 1 is 0.697 bits per heavy atom. The summed E-state index contributed by atoms with van der Waals surface area (Å²) in [4.78, 5) is 44.5. The molecule has 10 heteroatoms. The van der Waals surface area contributed by atoms with E-state index in [1.807, 2.05) is 0 Å². The number of unbranched alkanes of at least 4 members (excludes halogenated alkanes) is 1. The Morgan fingerprint density at radius 3 is 1.52 bits per heavy atom. The van der Waals surface area contributed by atoms with Crippen molar-refractivity contribution in [2.75, 3.05) is 28.4 Å². The highest BCUT2D eigenvalue weighted by Crippen LogP contribution is 2.27. The van der Waals surface area contributed by atoms with Gasteiger partial charge in [-0.3, -0.25) is 9.78 Å². The third kappa shape index (κ3) is 7.26. The van der Waals surface area contributed by atoms with E-state index in [0.717, 1.165) is 0 Å². The Kier molecular flexibility index (Phi) is 10.3. The van der Waals surface area contributed by atoms with Crippen molar-refractivity contribution in [1.82, 2.24) is 0 Å². The number of carbonyl (C=O) groups is 2. The molecule has 0 amide bonds. The van der Waals surface area contributed by atoms with Gasteiger partial charge in [-0.05, 0) is 30.7 Å². The molecule has 0 unspecified atom stereocenters. The Balaban J connectivity index is 2.02. The average Bonchev–Trinajstić information content (AvgIpc) is 2.86. The second-order valence-corrected chi connectivity index (χ2v) is 6.37. The topological polar surface area (TPSA) is 108 Å². The molecule has 0 heterocycles. The van der Waals surface area contributed by atoms with Crippen LogP contribution in [0, 0.1) is 13.2 Å². The van der Waals surface area contributed by atoms with Gasteiger partial charge in [0, 0.05) is 18.6 Å². The number of ether oxygens (including phenoxy) is 4. The number of methoxy groups -OCH3 is 4. The summed E-state index contributed by atoms with van der Waals surface area (Å²) in [5.74, 6) is -0.267. The molecule has 0 spiro atoms. The Bertz CT molecular complexity index is 856. The van der Waals surface area contributed by atoms with E-state index >= 15 is 0 Å². The summed E-state index contributed by atoms with van der Waals surface area (Å²) in [6.45, 7) is 3.72. The zero-order chi connectivity index (χ0) is 24.2. The maximum atomic E-state index is 12.4. The smallest absolute Gasteiger partial charge is 0.376 e. The third-order valence-electron chi connectivity index (χ3n) is 4.31. The number of benzene rings is 2. The van der Waals surface area contributed by atoms with Gasteiger partial charge in [-0.2, -0.15) is 0 Å². The average molecular weight is 462 g/mol. The van der Waals surface area contributed by atoms with Crippen LogP contribution < -0.4 is 18.9 Å². The second kappa shape index (κ2) is 13.1. The molecule has 0 N–H and O–H groups in total. The van der Waals surface area contributed by atoms with Crippen molar-refractivity contribution in [2.45, 2.75) is 19.3 Å². The fourth-order valence-electron chi connectivity index (χ4n) is 2.56. The van der Waals surface area contributed by atoms with Crippen molar-refractivity contribution < 1.29 is 48.1 Å². The first-order chi connectivity index (χ1) is 16.0. The van der Waals surface area contributed by atoms with Gasteiger partial charge in [-0.15, -0.1) is 9.78 Å². The summed E-state index contributed by atoms with van der Waals surface area (Å²) < 4.78 is 20.5. The van der Waals surface area contributed by atoms with Crippen LogP contribution in [0.3, 0.4) is 0 Å². The van der Waals surface area contributed by atoms with Gasteiger partial charge in [0.25, 0.3) is 0 Å². The van der Waals surface area contributed by atoms with Crippen molar-refractivity contribution >= 4 is 11.9 Å². The Labute approximate surface area is 192 Å². The first-order valence-corrected chi connectivity index (χ1v) is 9.84.